The third kappa shape index (κ3) is 4.46. The van der Waals surface area contributed by atoms with Gasteiger partial charge >= 0.3 is 0 Å². The van der Waals surface area contributed by atoms with Crippen molar-refractivity contribution in [1.29, 1.82) is 0 Å². The number of para-hydroxylation sites is 1. The van der Waals surface area contributed by atoms with Crippen LogP contribution in [0.1, 0.15) is 16.7 Å². The molecule has 1 amide bonds. The Kier molecular flexibility index (Phi) is 5.63. The summed E-state index contributed by atoms with van der Waals surface area (Å²) in [5.41, 5.74) is 8.70. The van der Waals surface area contributed by atoms with Gasteiger partial charge in [-0.2, -0.15) is 4.99 Å². The average molecular weight is 368 g/mol. The van der Waals surface area contributed by atoms with Crippen molar-refractivity contribution in [3.05, 3.63) is 64.1 Å². The predicted octanol–water partition coefficient (Wildman–Crippen LogP) is 3.69. The van der Waals surface area contributed by atoms with Crippen molar-refractivity contribution in [2.45, 2.75) is 13.8 Å². The fourth-order valence-electron chi connectivity index (χ4n) is 2.56. The number of aryl methyl sites for hydroxylation is 2. The first-order chi connectivity index (χ1) is 12.5. The first-order valence-electron chi connectivity index (χ1n) is 8.23. The maximum atomic E-state index is 11.8. The first kappa shape index (κ1) is 18.1. The van der Waals surface area contributed by atoms with Crippen molar-refractivity contribution in [3.8, 4) is 11.5 Å². The summed E-state index contributed by atoms with van der Waals surface area (Å²) in [4.78, 5) is 16.0. The molecule has 1 heterocycles. The second kappa shape index (κ2) is 8.10. The summed E-state index contributed by atoms with van der Waals surface area (Å²) in [6.07, 6.45) is 1.75. The Labute approximate surface area is 156 Å². The summed E-state index contributed by atoms with van der Waals surface area (Å²) in [5, 5.41) is 0.265. The van der Waals surface area contributed by atoms with E-state index < -0.39 is 0 Å². The van der Waals surface area contributed by atoms with Gasteiger partial charge in [-0.1, -0.05) is 35.9 Å². The molecule has 6 heteroatoms. The van der Waals surface area contributed by atoms with Gasteiger partial charge in [-0.15, -0.1) is 0 Å². The largest absolute Gasteiger partial charge is 0.490 e. The summed E-state index contributed by atoms with van der Waals surface area (Å²) < 4.78 is 11.6. The number of hydrogen-bond donors (Lipinski definition) is 1. The molecular weight excluding hydrogens is 348 g/mol. The second-order valence-corrected chi connectivity index (χ2v) is 6.93. The number of amides is 1. The zero-order valence-corrected chi connectivity index (χ0v) is 15.5. The number of amidine groups is 1. The minimum atomic E-state index is -0.319. The van der Waals surface area contributed by atoms with Gasteiger partial charge in [0.1, 0.15) is 24.7 Å². The highest BCUT2D eigenvalue weighted by Crippen LogP contribution is 2.29. The molecule has 0 spiro atoms. The van der Waals surface area contributed by atoms with E-state index in [-0.39, 0.29) is 11.1 Å². The molecule has 0 aliphatic carbocycles. The van der Waals surface area contributed by atoms with Gasteiger partial charge in [0.25, 0.3) is 5.91 Å². The minimum Gasteiger partial charge on any atom is -0.490 e. The van der Waals surface area contributed by atoms with Crippen molar-refractivity contribution in [2.24, 2.45) is 10.7 Å². The van der Waals surface area contributed by atoms with E-state index in [1.807, 2.05) is 43.3 Å². The van der Waals surface area contributed by atoms with Gasteiger partial charge in [-0.05, 0) is 49.4 Å². The first-order valence-corrected chi connectivity index (χ1v) is 9.04. The Morgan fingerprint density at radius 3 is 2.50 bits per heavy atom. The topological polar surface area (TPSA) is 73.9 Å². The lowest BCUT2D eigenvalue weighted by atomic mass is 10.1. The van der Waals surface area contributed by atoms with Crippen LogP contribution < -0.4 is 15.2 Å². The number of carbonyl (C=O) groups excluding carboxylic acids is 1. The van der Waals surface area contributed by atoms with Crippen LogP contribution in [0, 0.1) is 13.8 Å². The Hall–Kier alpha value is -2.73. The number of nitrogens with zero attached hydrogens (tertiary/aromatic N) is 1. The van der Waals surface area contributed by atoms with Crippen LogP contribution in [0.4, 0.5) is 0 Å². The van der Waals surface area contributed by atoms with Crippen molar-refractivity contribution < 1.29 is 14.3 Å². The summed E-state index contributed by atoms with van der Waals surface area (Å²) in [6.45, 7) is 4.90. The SMILES string of the molecule is Cc1ccc(OCCOc2ccccc2/C=C2\SC(N)=NC2=O)c(C)c1. The number of ether oxygens (including phenoxy) is 2. The fraction of sp³-hybridized carbons (Fsp3) is 0.200. The number of benzene rings is 2. The second-order valence-electron chi connectivity index (χ2n) is 5.87. The molecule has 0 bridgehead atoms. The van der Waals surface area contributed by atoms with Crippen LogP contribution in [-0.2, 0) is 4.79 Å². The summed E-state index contributed by atoms with van der Waals surface area (Å²) in [7, 11) is 0. The lowest BCUT2D eigenvalue weighted by molar-refractivity contribution is -0.113. The zero-order chi connectivity index (χ0) is 18.5. The molecule has 2 aromatic carbocycles. The van der Waals surface area contributed by atoms with E-state index in [2.05, 4.69) is 18.0 Å². The fourth-order valence-corrected chi connectivity index (χ4v) is 3.24. The normalized spacial score (nSPS) is 15.2. The molecule has 1 aliphatic rings. The molecule has 0 aromatic heterocycles. The average Bonchev–Trinajstić information content (AvgIpc) is 2.92. The highest BCUT2D eigenvalue weighted by atomic mass is 32.2. The molecule has 0 fully saturated rings. The third-order valence-corrected chi connectivity index (χ3v) is 4.58. The number of hydrogen-bond acceptors (Lipinski definition) is 5. The zero-order valence-electron chi connectivity index (χ0n) is 14.7. The van der Waals surface area contributed by atoms with Gasteiger partial charge in [0.15, 0.2) is 5.17 Å². The molecule has 2 N–H and O–H groups in total. The molecule has 0 saturated carbocycles. The van der Waals surface area contributed by atoms with Gasteiger partial charge in [0.2, 0.25) is 0 Å². The molecule has 5 nitrogen and oxygen atoms in total. The maximum Gasteiger partial charge on any atom is 0.286 e. The number of aliphatic imine (C=N–C) groups is 1. The van der Waals surface area contributed by atoms with Crippen LogP contribution in [0.25, 0.3) is 6.08 Å². The highest BCUT2D eigenvalue weighted by molar-refractivity contribution is 8.18. The van der Waals surface area contributed by atoms with Crippen LogP contribution >= 0.6 is 11.8 Å². The quantitative estimate of drug-likeness (QED) is 0.622. The van der Waals surface area contributed by atoms with Gasteiger partial charge in [-0.25, -0.2) is 0 Å². The number of thioether (sulfide) groups is 1. The molecular formula is C20H20N2O3S. The maximum absolute atomic E-state index is 11.8. The van der Waals surface area contributed by atoms with Gasteiger partial charge in [0.05, 0.1) is 4.91 Å². The monoisotopic (exact) mass is 368 g/mol. The molecule has 3 rings (SSSR count). The van der Waals surface area contributed by atoms with Gasteiger partial charge in [-0.3, -0.25) is 4.79 Å². The number of nitrogens with two attached hydrogens (primary N) is 1. The molecule has 0 radical (unpaired) electrons. The van der Waals surface area contributed by atoms with Crippen LogP contribution in [0.5, 0.6) is 11.5 Å². The Morgan fingerprint density at radius 2 is 1.81 bits per heavy atom. The highest BCUT2D eigenvalue weighted by Gasteiger charge is 2.20. The van der Waals surface area contributed by atoms with E-state index in [1.165, 1.54) is 5.56 Å². The van der Waals surface area contributed by atoms with Crippen molar-refractivity contribution >= 4 is 28.9 Å². The molecule has 134 valence electrons. The van der Waals surface area contributed by atoms with E-state index in [0.29, 0.717) is 23.9 Å². The summed E-state index contributed by atoms with van der Waals surface area (Å²) >= 11 is 1.16. The van der Waals surface area contributed by atoms with Crippen LogP contribution in [0.15, 0.2) is 52.4 Å². The van der Waals surface area contributed by atoms with E-state index in [1.54, 1.807) is 6.08 Å². The summed E-state index contributed by atoms with van der Waals surface area (Å²) in [6, 6.07) is 13.6. The van der Waals surface area contributed by atoms with E-state index in [4.69, 9.17) is 15.2 Å². The molecule has 0 unspecified atom stereocenters. The Balaban J connectivity index is 1.61. The lowest BCUT2D eigenvalue weighted by Crippen LogP contribution is -2.10. The molecule has 0 saturated heterocycles. The van der Waals surface area contributed by atoms with E-state index in [9.17, 15) is 4.79 Å². The summed E-state index contributed by atoms with van der Waals surface area (Å²) in [5.74, 6) is 1.22. The minimum absolute atomic E-state index is 0.265. The Morgan fingerprint density at radius 1 is 1.08 bits per heavy atom. The standard InChI is InChI=1S/C20H20N2O3S/c1-13-7-8-16(14(2)11-13)24-9-10-25-17-6-4-3-5-15(17)12-18-19(23)22-20(21)26-18/h3-8,11-12H,9-10H2,1-2H3,(H2,21,22,23)/b18-12-. The van der Waals surface area contributed by atoms with Crippen LogP contribution in [0.3, 0.4) is 0 Å². The third-order valence-electron chi connectivity index (χ3n) is 3.77. The van der Waals surface area contributed by atoms with Crippen LogP contribution in [0.2, 0.25) is 0 Å². The molecule has 1 aliphatic heterocycles. The number of rotatable bonds is 6. The molecule has 26 heavy (non-hydrogen) atoms. The lowest BCUT2D eigenvalue weighted by Gasteiger charge is -2.12. The van der Waals surface area contributed by atoms with Crippen molar-refractivity contribution in [1.82, 2.24) is 0 Å². The van der Waals surface area contributed by atoms with Crippen molar-refractivity contribution in [3.63, 3.8) is 0 Å². The van der Waals surface area contributed by atoms with Crippen molar-refractivity contribution in [2.75, 3.05) is 13.2 Å². The Bertz CT molecular complexity index is 890. The van der Waals surface area contributed by atoms with E-state index >= 15 is 0 Å². The van der Waals surface area contributed by atoms with E-state index in [0.717, 1.165) is 28.6 Å². The number of carbonyl (C=O) groups is 1. The molecule has 2 aromatic rings. The van der Waals surface area contributed by atoms with Gasteiger partial charge in [0, 0.05) is 5.56 Å². The predicted molar refractivity (Wildman–Crippen MR) is 106 cm³/mol. The smallest absolute Gasteiger partial charge is 0.286 e. The van der Waals surface area contributed by atoms with Gasteiger partial charge < -0.3 is 15.2 Å². The van der Waals surface area contributed by atoms with Crippen LogP contribution in [-0.4, -0.2) is 24.3 Å². The molecule has 0 atom stereocenters.